The molecule has 0 radical (unpaired) electrons. The maximum atomic E-state index is 13.4. The summed E-state index contributed by atoms with van der Waals surface area (Å²) in [4.78, 5) is 9.97. The summed E-state index contributed by atoms with van der Waals surface area (Å²) in [5, 5.41) is 6.30. The number of anilines is 2. The molecule has 2 atom stereocenters. The van der Waals surface area contributed by atoms with E-state index in [1.54, 1.807) is 0 Å². The van der Waals surface area contributed by atoms with Crippen molar-refractivity contribution in [2.24, 2.45) is 11.8 Å². The van der Waals surface area contributed by atoms with Crippen LogP contribution in [0.2, 0.25) is 0 Å². The van der Waals surface area contributed by atoms with E-state index in [4.69, 9.17) is 12.2 Å². The van der Waals surface area contributed by atoms with Crippen LogP contribution in [0.4, 0.5) is 24.9 Å². The lowest BCUT2D eigenvalue weighted by Gasteiger charge is -2.36. The zero-order valence-corrected chi connectivity index (χ0v) is 17.9. The van der Waals surface area contributed by atoms with Crippen molar-refractivity contribution in [2.75, 3.05) is 23.3 Å². The summed E-state index contributed by atoms with van der Waals surface area (Å²) in [6.07, 6.45) is 3.24. The van der Waals surface area contributed by atoms with Crippen LogP contribution in [0.1, 0.15) is 64.5 Å². The Morgan fingerprint density at radius 1 is 1.07 bits per heavy atom. The van der Waals surface area contributed by atoms with Gasteiger partial charge in [0.15, 0.2) is 10.8 Å². The molecular weight excluding hydrogens is 399 g/mol. The van der Waals surface area contributed by atoms with Crippen molar-refractivity contribution in [3.05, 3.63) is 11.8 Å². The second kappa shape index (κ2) is 9.45. The number of nitrogens with one attached hydrogen (secondary N) is 2. The molecule has 1 saturated heterocycles. The average molecular weight is 430 g/mol. The first-order valence-corrected chi connectivity index (χ1v) is 10.9. The highest BCUT2D eigenvalue weighted by Crippen LogP contribution is 2.32. The minimum atomic E-state index is -4.54. The molecule has 0 aromatic carbocycles. The highest BCUT2D eigenvalue weighted by atomic mass is 32.1. The van der Waals surface area contributed by atoms with E-state index in [1.807, 2.05) is 4.90 Å². The molecule has 3 rings (SSSR count). The Morgan fingerprint density at radius 3 is 2.28 bits per heavy atom. The first-order chi connectivity index (χ1) is 13.7. The van der Waals surface area contributed by atoms with Crippen molar-refractivity contribution in [2.45, 2.75) is 71.0 Å². The van der Waals surface area contributed by atoms with Gasteiger partial charge in [-0.2, -0.15) is 18.2 Å². The van der Waals surface area contributed by atoms with Crippen molar-refractivity contribution in [1.29, 1.82) is 0 Å². The molecule has 2 fully saturated rings. The van der Waals surface area contributed by atoms with Crippen LogP contribution in [0.5, 0.6) is 0 Å². The molecule has 9 heteroatoms. The first-order valence-electron chi connectivity index (χ1n) is 10.5. The molecule has 0 amide bonds. The number of hydrogen-bond acceptors (Lipinski definition) is 4. The predicted octanol–water partition coefficient (Wildman–Crippen LogP) is 4.99. The normalized spacial score (nSPS) is 24.1. The molecule has 1 aliphatic heterocycles. The fourth-order valence-electron chi connectivity index (χ4n) is 4.39. The molecule has 1 aromatic heterocycles. The van der Waals surface area contributed by atoms with Crippen LogP contribution in [0.25, 0.3) is 0 Å². The van der Waals surface area contributed by atoms with Crippen molar-refractivity contribution in [3.8, 4) is 0 Å². The van der Waals surface area contributed by atoms with Crippen LogP contribution in [0.15, 0.2) is 6.07 Å². The fourth-order valence-corrected chi connectivity index (χ4v) is 4.65. The largest absolute Gasteiger partial charge is 0.433 e. The van der Waals surface area contributed by atoms with Crippen molar-refractivity contribution < 1.29 is 13.2 Å². The van der Waals surface area contributed by atoms with Crippen LogP contribution in [-0.2, 0) is 6.18 Å². The molecule has 2 N–H and O–H groups in total. The van der Waals surface area contributed by atoms with Gasteiger partial charge in [0, 0.05) is 25.2 Å². The first kappa shape index (κ1) is 22.1. The lowest BCUT2D eigenvalue weighted by atomic mass is 9.92. The van der Waals surface area contributed by atoms with Gasteiger partial charge >= 0.3 is 6.18 Å². The molecule has 0 spiro atoms. The molecule has 0 unspecified atom stereocenters. The molecule has 29 heavy (non-hydrogen) atoms. The van der Waals surface area contributed by atoms with E-state index in [1.165, 1.54) is 12.8 Å². The predicted molar refractivity (Wildman–Crippen MR) is 113 cm³/mol. The number of hydrogen-bond donors (Lipinski definition) is 2. The number of nitrogens with zero attached hydrogens (tertiary/aromatic N) is 3. The number of alkyl halides is 3. The van der Waals surface area contributed by atoms with Crippen LogP contribution in [0.3, 0.4) is 0 Å². The zero-order valence-electron chi connectivity index (χ0n) is 17.1. The Bertz CT molecular complexity index is 694. The van der Waals surface area contributed by atoms with E-state index in [0.717, 1.165) is 38.2 Å². The second-order valence-corrected chi connectivity index (χ2v) is 8.98. The molecule has 2 heterocycles. The van der Waals surface area contributed by atoms with E-state index >= 15 is 0 Å². The van der Waals surface area contributed by atoms with Crippen LogP contribution < -0.4 is 15.5 Å². The van der Waals surface area contributed by atoms with Crippen LogP contribution >= 0.6 is 12.2 Å². The molecule has 2 aliphatic rings. The van der Waals surface area contributed by atoms with Crippen molar-refractivity contribution >= 4 is 29.1 Å². The molecule has 1 saturated carbocycles. The molecule has 0 bridgehead atoms. The quantitative estimate of drug-likeness (QED) is 0.522. The molecular formula is C20H30F3N5S. The third kappa shape index (κ3) is 6.42. The minimum Gasteiger partial charge on any atom is -0.360 e. The van der Waals surface area contributed by atoms with Gasteiger partial charge < -0.3 is 15.5 Å². The van der Waals surface area contributed by atoms with Gasteiger partial charge in [0.1, 0.15) is 5.82 Å². The Kier molecular flexibility index (Phi) is 7.19. The van der Waals surface area contributed by atoms with Gasteiger partial charge in [0.2, 0.25) is 5.95 Å². The minimum absolute atomic E-state index is 0.105. The Morgan fingerprint density at radius 2 is 1.69 bits per heavy atom. The van der Waals surface area contributed by atoms with Crippen LogP contribution in [-0.4, -0.2) is 34.2 Å². The summed E-state index contributed by atoms with van der Waals surface area (Å²) in [7, 11) is 0. The molecule has 1 aliphatic carbocycles. The number of piperidine rings is 1. The number of thiocarbonyl (C=S) groups is 1. The monoisotopic (exact) mass is 429 g/mol. The zero-order chi connectivity index (χ0) is 21.0. The Hall–Kier alpha value is -1.64. The number of rotatable bonds is 3. The third-order valence-electron chi connectivity index (χ3n) is 5.61. The molecule has 5 nitrogen and oxygen atoms in total. The van der Waals surface area contributed by atoms with Crippen LogP contribution in [0, 0.1) is 11.8 Å². The SMILES string of the molecule is C[C@@H]1C[C@H](C)CN(c2cc(C(F)(F)F)nc(NC(=S)NC3CCCCCC3)n2)C1. The maximum Gasteiger partial charge on any atom is 0.433 e. The van der Waals surface area contributed by atoms with E-state index in [9.17, 15) is 13.2 Å². The molecule has 162 valence electrons. The third-order valence-corrected chi connectivity index (χ3v) is 5.83. The number of aromatic nitrogens is 2. The van der Waals surface area contributed by atoms with E-state index in [0.29, 0.717) is 30.7 Å². The summed E-state index contributed by atoms with van der Waals surface area (Å²) in [6, 6.07) is 1.28. The summed E-state index contributed by atoms with van der Waals surface area (Å²) >= 11 is 5.34. The Labute approximate surface area is 175 Å². The lowest BCUT2D eigenvalue weighted by molar-refractivity contribution is -0.141. The number of halogens is 3. The van der Waals surface area contributed by atoms with Gasteiger partial charge in [-0.15, -0.1) is 0 Å². The van der Waals surface area contributed by atoms with Gasteiger partial charge in [-0.3, -0.25) is 0 Å². The van der Waals surface area contributed by atoms with Gasteiger partial charge in [-0.1, -0.05) is 39.5 Å². The summed E-state index contributed by atoms with van der Waals surface area (Å²) in [6.45, 7) is 5.59. The van der Waals surface area contributed by atoms with Gasteiger partial charge in [0.25, 0.3) is 0 Å². The van der Waals surface area contributed by atoms with E-state index in [2.05, 4.69) is 34.4 Å². The van der Waals surface area contributed by atoms with E-state index in [-0.39, 0.29) is 17.1 Å². The van der Waals surface area contributed by atoms with Crippen molar-refractivity contribution in [1.82, 2.24) is 15.3 Å². The standard InChI is InChI=1S/C20H30F3N5S/c1-13-9-14(2)12-28(11-13)17-10-16(20(21,22)23)25-18(26-17)27-19(29)24-15-7-5-3-4-6-8-15/h10,13-15H,3-9,11-12H2,1-2H3,(H2,24,25,26,27,29)/t13-,14+. The highest BCUT2D eigenvalue weighted by Gasteiger charge is 2.35. The highest BCUT2D eigenvalue weighted by molar-refractivity contribution is 7.80. The molecule has 1 aromatic rings. The van der Waals surface area contributed by atoms with Gasteiger partial charge in [-0.25, -0.2) is 4.98 Å². The fraction of sp³-hybridized carbons (Fsp3) is 0.750. The summed E-state index contributed by atoms with van der Waals surface area (Å²) < 4.78 is 40.3. The summed E-state index contributed by atoms with van der Waals surface area (Å²) in [5.41, 5.74) is -0.951. The summed E-state index contributed by atoms with van der Waals surface area (Å²) in [5.74, 6) is 0.993. The lowest BCUT2D eigenvalue weighted by Crippen LogP contribution is -2.40. The second-order valence-electron chi connectivity index (χ2n) is 8.57. The van der Waals surface area contributed by atoms with E-state index < -0.39 is 11.9 Å². The average Bonchev–Trinajstić information content (AvgIpc) is 2.88. The van der Waals surface area contributed by atoms with Crippen molar-refractivity contribution in [3.63, 3.8) is 0 Å². The topological polar surface area (TPSA) is 53.1 Å². The van der Waals surface area contributed by atoms with Gasteiger partial charge in [-0.05, 0) is 43.3 Å². The maximum absolute atomic E-state index is 13.4. The Balaban J connectivity index is 1.77. The van der Waals surface area contributed by atoms with Gasteiger partial charge in [0.05, 0.1) is 0 Å². The smallest absolute Gasteiger partial charge is 0.360 e.